The van der Waals surface area contributed by atoms with Crippen LogP contribution in [0.1, 0.15) is 80.6 Å². The SMILES string of the molecule is CC#CCOc1ccc2cc(C3(c4ccc(Oc5ccc(C6(c7ccc8cc(OCC#CC)ccc8c7)c7ccccc7CCc7cnccc76)cc5)cc4)c4ccccc4CCc4cnccc43)ccc2c1. The number of hydrogen-bond donors (Lipinski definition) is 0. The van der Waals surface area contributed by atoms with Crippen LogP contribution in [-0.4, -0.2) is 23.2 Å². The van der Waals surface area contributed by atoms with Gasteiger partial charge in [-0.3, -0.25) is 9.97 Å². The minimum absolute atomic E-state index is 0.360. The van der Waals surface area contributed by atoms with Crippen molar-refractivity contribution < 1.29 is 14.2 Å². The van der Waals surface area contributed by atoms with E-state index in [1.165, 1.54) is 55.6 Å². The lowest BCUT2D eigenvalue weighted by Crippen LogP contribution is -2.32. The fourth-order valence-electron chi connectivity index (χ4n) is 11.8. The largest absolute Gasteiger partial charge is 0.481 e. The van der Waals surface area contributed by atoms with Gasteiger partial charge in [-0.25, -0.2) is 0 Å². The lowest BCUT2D eigenvalue weighted by Gasteiger charge is -2.38. The van der Waals surface area contributed by atoms with Gasteiger partial charge in [0, 0.05) is 24.8 Å². The van der Waals surface area contributed by atoms with E-state index in [-0.39, 0.29) is 0 Å². The highest BCUT2D eigenvalue weighted by Crippen LogP contribution is 2.52. The van der Waals surface area contributed by atoms with E-state index in [9.17, 15) is 0 Å². The number of benzene rings is 8. The van der Waals surface area contributed by atoms with Crippen LogP contribution in [-0.2, 0) is 36.5 Å². The molecule has 2 aliphatic rings. The van der Waals surface area contributed by atoms with Gasteiger partial charge < -0.3 is 14.2 Å². The minimum atomic E-state index is -0.636. The third kappa shape index (κ3) is 8.05. The van der Waals surface area contributed by atoms with E-state index in [2.05, 4.69) is 216 Å². The molecule has 0 aliphatic heterocycles. The maximum atomic E-state index is 6.81. The molecule has 5 nitrogen and oxygen atoms in total. The summed E-state index contributed by atoms with van der Waals surface area (Å²) in [5.74, 6) is 15.0. The standard InChI is InChI=1S/C68H52N2O3/c1-3-5-39-71-61-29-21-49-41-57(23-19-51(49)43-61)67(63-13-9-7-11-47(63)15-17-53-45-69-37-35-65(53)67)55-25-31-59(32-26-55)73-60-33-27-56(28-34-60)68(58-24-20-52-44-62(72-40-6-4-2)30-22-50(52)42-58)64-14-10-8-12-48(64)16-18-54-46-70-38-36-66(54)68/h7-14,19-38,41-46H,15-18,39-40H2,1-2H3. The Morgan fingerprint density at radius 2 is 0.753 bits per heavy atom. The van der Waals surface area contributed by atoms with Crippen molar-refractivity contribution in [2.75, 3.05) is 13.2 Å². The van der Waals surface area contributed by atoms with Crippen LogP contribution in [0, 0.1) is 23.7 Å². The third-order valence-electron chi connectivity index (χ3n) is 15.1. The predicted octanol–water partition coefficient (Wildman–Crippen LogP) is 14.3. The fourth-order valence-corrected chi connectivity index (χ4v) is 11.8. The van der Waals surface area contributed by atoms with Gasteiger partial charge in [0.05, 0.1) is 10.8 Å². The van der Waals surface area contributed by atoms with Crippen LogP contribution in [0.4, 0.5) is 0 Å². The maximum Gasteiger partial charge on any atom is 0.149 e. The third-order valence-corrected chi connectivity index (χ3v) is 15.1. The Labute approximate surface area is 427 Å². The Morgan fingerprint density at radius 1 is 0.384 bits per heavy atom. The number of hydrogen-bond acceptors (Lipinski definition) is 5. The lowest BCUT2D eigenvalue weighted by atomic mass is 9.64. The average molecular weight is 945 g/mol. The highest BCUT2D eigenvalue weighted by molar-refractivity contribution is 5.87. The summed E-state index contributed by atoms with van der Waals surface area (Å²) in [5, 5.41) is 4.50. The molecule has 10 aromatic rings. The van der Waals surface area contributed by atoms with Crippen molar-refractivity contribution >= 4 is 21.5 Å². The van der Waals surface area contributed by atoms with E-state index in [4.69, 9.17) is 14.2 Å². The zero-order valence-electron chi connectivity index (χ0n) is 41.0. The van der Waals surface area contributed by atoms with Gasteiger partial charge in [-0.05, 0) is 201 Å². The summed E-state index contributed by atoms with van der Waals surface area (Å²) in [7, 11) is 0. The second kappa shape index (κ2) is 19.4. The molecule has 0 spiro atoms. The first-order valence-corrected chi connectivity index (χ1v) is 25.1. The molecule has 2 aromatic heterocycles. The van der Waals surface area contributed by atoms with E-state index >= 15 is 0 Å². The minimum Gasteiger partial charge on any atom is -0.481 e. The normalized spacial score (nSPS) is 16.4. The Bertz CT molecular complexity index is 3490. The molecule has 0 bridgehead atoms. The van der Waals surface area contributed by atoms with Crippen molar-refractivity contribution in [1.29, 1.82) is 0 Å². The topological polar surface area (TPSA) is 53.5 Å². The number of fused-ring (bicyclic) bond motifs is 6. The van der Waals surface area contributed by atoms with Crippen molar-refractivity contribution in [2.24, 2.45) is 0 Å². The molecule has 2 heterocycles. The molecular weight excluding hydrogens is 893 g/mol. The van der Waals surface area contributed by atoms with Crippen molar-refractivity contribution in [3.63, 3.8) is 0 Å². The van der Waals surface area contributed by atoms with E-state index < -0.39 is 10.8 Å². The molecule has 352 valence electrons. The van der Waals surface area contributed by atoms with Gasteiger partial charge in [0.1, 0.15) is 36.2 Å². The van der Waals surface area contributed by atoms with Crippen molar-refractivity contribution in [1.82, 2.24) is 9.97 Å². The van der Waals surface area contributed by atoms with E-state index in [0.29, 0.717) is 13.2 Å². The molecule has 2 aliphatic carbocycles. The molecule has 0 saturated heterocycles. The Balaban J connectivity index is 0.943. The van der Waals surface area contributed by atoms with Gasteiger partial charge in [-0.1, -0.05) is 121 Å². The molecule has 0 amide bonds. The first kappa shape index (κ1) is 45.3. The second-order valence-corrected chi connectivity index (χ2v) is 18.9. The zero-order chi connectivity index (χ0) is 49.2. The van der Waals surface area contributed by atoms with E-state index in [1.54, 1.807) is 0 Å². The van der Waals surface area contributed by atoms with E-state index in [1.807, 2.05) is 38.4 Å². The van der Waals surface area contributed by atoms with Gasteiger partial charge in [0.2, 0.25) is 0 Å². The number of rotatable bonds is 10. The van der Waals surface area contributed by atoms with Crippen molar-refractivity contribution in [2.45, 2.75) is 50.4 Å². The summed E-state index contributed by atoms with van der Waals surface area (Å²) in [6, 6.07) is 66.2. The van der Waals surface area contributed by atoms with Crippen LogP contribution in [0.2, 0.25) is 0 Å². The van der Waals surface area contributed by atoms with Crippen LogP contribution in [0.25, 0.3) is 21.5 Å². The lowest BCUT2D eigenvalue weighted by molar-refractivity contribution is 0.370. The molecule has 8 aromatic carbocycles. The van der Waals surface area contributed by atoms with Crippen molar-refractivity contribution in [3.8, 4) is 46.7 Å². The monoisotopic (exact) mass is 944 g/mol. The Morgan fingerprint density at radius 3 is 1.21 bits per heavy atom. The van der Waals surface area contributed by atoms with Crippen LogP contribution < -0.4 is 14.2 Å². The summed E-state index contributed by atoms with van der Waals surface area (Å²) < 4.78 is 18.7. The van der Waals surface area contributed by atoms with Crippen LogP contribution in [0.15, 0.2) is 207 Å². The summed E-state index contributed by atoms with van der Waals surface area (Å²) in [6.45, 7) is 4.38. The van der Waals surface area contributed by atoms with Gasteiger partial charge in [0.15, 0.2) is 0 Å². The Kier molecular flexibility index (Phi) is 12.0. The second-order valence-electron chi connectivity index (χ2n) is 18.9. The summed E-state index contributed by atoms with van der Waals surface area (Å²) in [4.78, 5) is 9.32. The molecule has 5 heteroatoms. The van der Waals surface area contributed by atoms with Crippen molar-refractivity contribution in [3.05, 3.63) is 274 Å². The molecular formula is C68H52N2O3. The molecule has 0 saturated carbocycles. The average Bonchev–Trinajstić information content (AvgIpc) is 3.69. The molecule has 2 unspecified atom stereocenters. The molecule has 0 N–H and O–H groups in total. The van der Waals surface area contributed by atoms with Crippen LogP contribution >= 0.6 is 0 Å². The summed E-state index contributed by atoms with van der Waals surface area (Å²) >= 11 is 0. The van der Waals surface area contributed by atoms with Crippen LogP contribution in [0.5, 0.6) is 23.0 Å². The highest BCUT2D eigenvalue weighted by Gasteiger charge is 2.44. The fraction of sp³-hybridized carbons (Fsp3) is 0.147. The van der Waals surface area contributed by atoms with Gasteiger partial charge in [-0.15, -0.1) is 11.8 Å². The number of ether oxygens (including phenoxy) is 3. The summed E-state index contributed by atoms with van der Waals surface area (Å²) in [6.07, 6.45) is 11.6. The zero-order valence-corrected chi connectivity index (χ0v) is 41.0. The molecule has 0 radical (unpaired) electrons. The highest BCUT2D eigenvalue weighted by atomic mass is 16.5. The molecule has 12 rings (SSSR count). The van der Waals surface area contributed by atoms with Gasteiger partial charge in [-0.2, -0.15) is 0 Å². The van der Waals surface area contributed by atoms with Gasteiger partial charge in [0.25, 0.3) is 0 Å². The molecule has 2 atom stereocenters. The first-order valence-electron chi connectivity index (χ1n) is 25.1. The molecule has 73 heavy (non-hydrogen) atoms. The Hall–Kier alpha value is -8.90. The quantitative estimate of drug-likeness (QED) is 0.128. The predicted molar refractivity (Wildman–Crippen MR) is 293 cm³/mol. The number of aryl methyl sites for hydroxylation is 4. The number of aromatic nitrogens is 2. The first-order chi connectivity index (χ1) is 36.1. The van der Waals surface area contributed by atoms with Gasteiger partial charge >= 0.3 is 0 Å². The summed E-state index contributed by atoms with van der Waals surface area (Å²) in [5.41, 5.74) is 13.6. The van der Waals surface area contributed by atoms with Crippen LogP contribution in [0.3, 0.4) is 0 Å². The van der Waals surface area contributed by atoms with E-state index in [0.717, 1.165) is 81.4 Å². The number of pyridine rings is 2. The smallest absolute Gasteiger partial charge is 0.149 e. The molecule has 0 fully saturated rings. The number of nitrogens with zero attached hydrogens (tertiary/aromatic N) is 2. The maximum absolute atomic E-state index is 6.81.